The first kappa shape index (κ1) is 13.9. The zero-order valence-electron chi connectivity index (χ0n) is 11.4. The Balaban J connectivity index is 2.01. The van der Waals surface area contributed by atoms with Crippen LogP contribution in [0.3, 0.4) is 0 Å². The number of likely N-dealkylation sites (N-methyl/N-ethyl adjacent to an activating group) is 1. The van der Waals surface area contributed by atoms with E-state index in [2.05, 4.69) is 36.1 Å². The molecule has 1 nitrogen and oxygen atoms in total. The van der Waals surface area contributed by atoms with Crippen molar-refractivity contribution in [3.63, 3.8) is 0 Å². The molecule has 1 aromatic rings. The van der Waals surface area contributed by atoms with Gasteiger partial charge in [-0.25, -0.2) is 0 Å². The molecule has 2 heteroatoms. The molecule has 2 rings (SSSR count). The summed E-state index contributed by atoms with van der Waals surface area (Å²) in [4.78, 5) is 2.55. The second-order valence-electron chi connectivity index (χ2n) is 5.22. The molecule has 0 bridgehead atoms. The topological polar surface area (TPSA) is 3.24 Å². The Morgan fingerprint density at radius 2 is 2.17 bits per heavy atom. The first-order valence-corrected chi connectivity index (χ1v) is 7.74. The molecule has 1 aromatic carbocycles. The van der Waals surface area contributed by atoms with Gasteiger partial charge in [0.15, 0.2) is 0 Å². The van der Waals surface area contributed by atoms with Gasteiger partial charge >= 0.3 is 0 Å². The van der Waals surface area contributed by atoms with Gasteiger partial charge in [0, 0.05) is 12.4 Å². The molecule has 1 unspecified atom stereocenters. The Bertz CT molecular complexity index is 364. The molecule has 0 fully saturated rings. The lowest BCUT2D eigenvalue weighted by Crippen LogP contribution is -2.31. The van der Waals surface area contributed by atoms with Crippen molar-refractivity contribution in [1.29, 1.82) is 0 Å². The Labute approximate surface area is 116 Å². The summed E-state index contributed by atoms with van der Waals surface area (Å²) < 4.78 is 0. The van der Waals surface area contributed by atoms with Gasteiger partial charge in [0.05, 0.1) is 0 Å². The monoisotopic (exact) mass is 265 g/mol. The van der Waals surface area contributed by atoms with Gasteiger partial charge in [0.2, 0.25) is 0 Å². The maximum atomic E-state index is 5.80. The Kier molecular flexibility index (Phi) is 5.52. The van der Waals surface area contributed by atoms with Gasteiger partial charge in [0.1, 0.15) is 0 Å². The summed E-state index contributed by atoms with van der Waals surface area (Å²) in [6.07, 6.45) is 5.05. The number of benzene rings is 1. The number of halogens is 1. The molecule has 0 spiro atoms. The maximum absolute atomic E-state index is 5.80. The molecule has 1 aliphatic rings. The second kappa shape index (κ2) is 7.16. The first-order valence-electron chi connectivity index (χ1n) is 7.21. The molecule has 0 N–H and O–H groups in total. The number of rotatable bonds is 6. The van der Waals surface area contributed by atoms with Gasteiger partial charge in [0.25, 0.3) is 0 Å². The van der Waals surface area contributed by atoms with E-state index in [1.807, 2.05) is 0 Å². The normalized spacial score (nSPS) is 18.9. The quantitative estimate of drug-likeness (QED) is 0.701. The molecule has 0 amide bonds. The second-order valence-corrected chi connectivity index (χ2v) is 5.60. The van der Waals surface area contributed by atoms with Gasteiger partial charge in [-0.05, 0) is 55.8 Å². The van der Waals surface area contributed by atoms with Crippen molar-refractivity contribution in [2.45, 2.75) is 38.5 Å². The minimum absolute atomic E-state index is 0.727. The van der Waals surface area contributed by atoms with Crippen LogP contribution in [0.4, 0.5) is 0 Å². The van der Waals surface area contributed by atoms with Gasteiger partial charge < -0.3 is 4.90 Å². The average Bonchev–Trinajstić information content (AvgIpc) is 2.43. The molecule has 0 aromatic heterocycles. The number of fused-ring (bicyclic) bond motifs is 1. The maximum Gasteiger partial charge on any atom is 0.0235 e. The lowest BCUT2D eigenvalue weighted by Gasteiger charge is -2.30. The van der Waals surface area contributed by atoms with Crippen LogP contribution in [-0.4, -0.2) is 30.4 Å². The smallest absolute Gasteiger partial charge is 0.0235 e. The van der Waals surface area contributed by atoms with E-state index in [0.717, 1.165) is 31.3 Å². The zero-order chi connectivity index (χ0) is 12.8. The number of aryl methyl sites for hydroxylation is 1. The van der Waals surface area contributed by atoms with E-state index >= 15 is 0 Å². The van der Waals surface area contributed by atoms with Crippen LogP contribution in [0.1, 0.15) is 43.2 Å². The van der Waals surface area contributed by atoms with E-state index in [4.69, 9.17) is 11.6 Å². The third-order valence-corrected chi connectivity index (χ3v) is 4.29. The number of nitrogens with zero attached hydrogens (tertiary/aromatic N) is 1. The van der Waals surface area contributed by atoms with Crippen LogP contribution < -0.4 is 0 Å². The van der Waals surface area contributed by atoms with E-state index in [9.17, 15) is 0 Å². The highest BCUT2D eigenvalue weighted by Gasteiger charge is 2.21. The van der Waals surface area contributed by atoms with Gasteiger partial charge in [-0.15, -0.1) is 11.6 Å². The van der Waals surface area contributed by atoms with Crippen LogP contribution in [0.15, 0.2) is 24.3 Å². The minimum Gasteiger partial charge on any atom is -0.303 e. The van der Waals surface area contributed by atoms with Crippen LogP contribution in [0.25, 0.3) is 0 Å². The third-order valence-electron chi connectivity index (χ3n) is 4.03. The summed E-state index contributed by atoms with van der Waals surface area (Å²) in [5, 5.41) is 0. The van der Waals surface area contributed by atoms with Crippen LogP contribution in [-0.2, 0) is 6.42 Å². The van der Waals surface area contributed by atoms with Crippen molar-refractivity contribution in [2.24, 2.45) is 0 Å². The molecular weight excluding hydrogens is 242 g/mol. The SMILES string of the molecule is CCN(CCCCl)CC1CCCc2ccccc21. The van der Waals surface area contributed by atoms with E-state index in [1.54, 1.807) is 11.1 Å². The Morgan fingerprint density at radius 3 is 2.94 bits per heavy atom. The largest absolute Gasteiger partial charge is 0.303 e. The lowest BCUT2D eigenvalue weighted by atomic mass is 9.82. The van der Waals surface area contributed by atoms with Crippen LogP contribution in [0, 0.1) is 0 Å². The fourth-order valence-electron chi connectivity index (χ4n) is 3.02. The molecule has 100 valence electrons. The van der Waals surface area contributed by atoms with Crippen LogP contribution in [0.2, 0.25) is 0 Å². The fraction of sp³-hybridized carbons (Fsp3) is 0.625. The van der Waals surface area contributed by atoms with Crippen molar-refractivity contribution in [3.05, 3.63) is 35.4 Å². The molecule has 0 aliphatic heterocycles. The summed E-state index contributed by atoms with van der Waals surface area (Å²) in [7, 11) is 0. The summed E-state index contributed by atoms with van der Waals surface area (Å²) >= 11 is 5.80. The molecule has 1 aliphatic carbocycles. The summed E-state index contributed by atoms with van der Waals surface area (Å²) in [6.45, 7) is 5.72. The van der Waals surface area contributed by atoms with Crippen LogP contribution >= 0.6 is 11.6 Å². The summed E-state index contributed by atoms with van der Waals surface area (Å²) in [5.41, 5.74) is 3.16. The van der Waals surface area contributed by atoms with E-state index in [1.165, 1.54) is 25.8 Å². The molecular formula is C16H24ClN. The predicted molar refractivity (Wildman–Crippen MR) is 79.6 cm³/mol. The molecule has 0 saturated heterocycles. The van der Waals surface area contributed by atoms with Crippen molar-refractivity contribution in [2.75, 3.05) is 25.5 Å². The third kappa shape index (κ3) is 3.49. The number of hydrogen-bond acceptors (Lipinski definition) is 1. The summed E-state index contributed by atoms with van der Waals surface area (Å²) in [6, 6.07) is 8.99. The molecule has 0 saturated carbocycles. The van der Waals surface area contributed by atoms with Crippen molar-refractivity contribution < 1.29 is 0 Å². The first-order chi connectivity index (χ1) is 8.85. The van der Waals surface area contributed by atoms with E-state index in [0.29, 0.717) is 0 Å². The minimum atomic E-state index is 0.727. The fourth-order valence-corrected chi connectivity index (χ4v) is 3.14. The highest BCUT2D eigenvalue weighted by molar-refractivity contribution is 6.17. The Morgan fingerprint density at radius 1 is 1.33 bits per heavy atom. The van der Waals surface area contributed by atoms with Gasteiger partial charge in [-0.1, -0.05) is 31.2 Å². The van der Waals surface area contributed by atoms with Crippen molar-refractivity contribution in [3.8, 4) is 0 Å². The molecule has 0 heterocycles. The predicted octanol–water partition coefficient (Wildman–Crippen LogP) is 4.06. The van der Waals surface area contributed by atoms with Crippen molar-refractivity contribution in [1.82, 2.24) is 4.90 Å². The lowest BCUT2D eigenvalue weighted by molar-refractivity contribution is 0.260. The van der Waals surface area contributed by atoms with E-state index < -0.39 is 0 Å². The average molecular weight is 266 g/mol. The highest BCUT2D eigenvalue weighted by atomic mass is 35.5. The highest BCUT2D eigenvalue weighted by Crippen LogP contribution is 2.31. The van der Waals surface area contributed by atoms with Crippen LogP contribution in [0.5, 0.6) is 0 Å². The standard InChI is InChI=1S/C16H24ClN/c1-2-18(12-6-11-17)13-15-9-5-8-14-7-3-4-10-16(14)15/h3-4,7,10,15H,2,5-6,8-9,11-13H2,1H3. The number of hydrogen-bond donors (Lipinski definition) is 0. The zero-order valence-corrected chi connectivity index (χ0v) is 12.1. The summed E-state index contributed by atoms with van der Waals surface area (Å²) in [5.74, 6) is 1.50. The molecule has 0 radical (unpaired) electrons. The number of alkyl halides is 1. The van der Waals surface area contributed by atoms with Gasteiger partial charge in [-0.2, -0.15) is 0 Å². The van der Waals surface area contributed by atoms with Gasteiger partial charge in [-0.3, -0.25) is 0 Å². The van der Waals surface area contributed by atoms with E-state index in [-0.39, 0.29) is 0 Å². The molecule has 18 heavy (non-hydrogen) atoms. The van der Waals surface area contributed by atoms with Crippen molar-refractivity contribution >= 4 is 11.6 Å². The Hall–Kier alpha value is -0.530. The molecule has 1 atom stereocenters.